The third-order valence-corrected chi connectivity index (χ3v) is 2.33. The predicted octanol–water partition coefficient (Wildman–Crippen LogP) is 1.22. The van der Waals surface area contributed by atoms with E-state index in [1.807, 2.05) is 18.2 Å². The summed E-state index contributed by atoms with van der Waals surface area (Å²) in [7, 11) is 0. The van der Waals surface area contributed by atoms with Gasteiger partial charge in [0, 0.05) is 6.42 Å². The third kappa shape index (κ3) is 2.40. The number of carbonyl (C=O) groups is 1. The van der Waals surface area contributed by atoms with Gasteiger partial charge in [-0.25, -0.2) is 0 Å². The lowest BCUT2D eigenvalue weighted by molar-refractivity contribution is -0.118. The Balaban J connectivity index is 1.95. The average Bonchev–Trinajstić information content (AvgIpc) is 2.64. The molecule has 1 aromatic rings. The lowest BCUT2D eigenvalue weighted by Gasteiger charge is -2.01. The molecule has 4 nitrogen and oxygen atoms in total. The molecule has 0 unspecified atom stereocenters. The van der Waals surface area contributed by atoms with Gasteiger partial charge in [0.05, 0.1) is 0 Å². The van der Waals surface area contributed by atoms with E-state index in [4.69, 9.17) is 15.2 Å². The molecule has 0 fully saturated rings. The van der Waals surface area contributed by atoms with E-state index in [1.165, 1.54) is 0 Å². The molecule has 4 heteroatoms. The topological polar surface area (TPSA) is 61.6 Å². The van der Waals surface area contributed by atoms with Crippen LogP contribution in [0.5, 0.6) is 11.5 Å². The number of benzene rings is 1. The molecule has 0 atom stereocenters. The van der Waals surface area contributed by atoms with E-state index in [0.717, 1.165) is 29.9 Å². The SMILES string of the molecule is NC(=O)CCCc1ccc2c(c1)OCO2. The normalized spacial score (nSPS) is 12.8. The zero-order valence-electron chi connectivity index (χ0n) is 8.36. The first-order chi connectivity index (χ1) is 7.25. The van der Waals surface area contributed by atoms with Gasteiger partial charge < -0.3 is 15.2 Å². The number of rotatable bonds is 4. The Morgan fingerprint density at radius 2 is 2.13 bits per heavy atom. The van der Waals surface area contributed by atoms with Crippen molar-refractivity contribution < 1.29 is 14.3 Å². The van der Waals surface area contributed by atoms with Gasteiger partial charge >= 0.3 is 0 Å². The summed E-state index contributed by atoms with van der Waals surface area (Å²) in [5.41, 5.74) is 6.20. The smallest absolute Gasteiger partial charge is 0.231 e. The minimum atomic E-state index is -0.254. The largest absolute Gasteiger partial charge is 0.454 e. The van der Waals surface area contributed by atoms with Gasteiger partial charge in [0.1, 0.15) is 0 Å². The average molecular weight is 207 g/mol. The van der Waals surface area contributed by atoms with Gasteiger partial charge in [-0.3, -0.25) is 4.79 Å². The van der Waals surface area contributed by atoms with E-state index in [0.29, 0.717) is 13.2 Å². The molecular weight excluding hydrogens is 194 g/mol. The maximum absolute atomic E-state index is 10.6. The van der Waals surface area contributed by atoms with Crippen molar-refractivity contribution >= 4 is 5.91 Å². The fourth-order valence-corrected chi connectivity index (χ4v) is 1.56. The second kappa shape index (κ2) is 4.21. The Morgan fingerprint density at radius 1 is 1.33 bits per heavy atom. The molecule has 1 heterocycles. The predicted molar refractivity (Wildman–Crippen MR) is 54.7 cm³/mol. The minimum absolute atomic E-state index is 0.254. The van der Waals surface area contributed by atoms with Gasteiger partial charge in [0.25, 0.3) is 0 Å². The number of fused-ring (bicyclic) bond motifs is 1. The van der Waals surface area contributed by atoms with Crippen molar-refractivity contribution in [2.45, 2.75) is 19.3 Å². The summed E-state index contributed by atoms with van der Waals surface area (Å²) in [6.07, 6.45) is 2.03. The summed E-state index contributed by atoms with van der Waals surface area (Å²) in [5, 5.41) is 0. The van der Waals surface area contributed by atoms with Crippen LogP contribution in [0.15, 0.2) is 18.2 Å². The van der Waals surface area contributed by atoms with Crippen molar-refractivity contribution in [2.24, 2.45) is 5.73 Å². The fraction of sp³-hybridized carbons (Fsp3) is 0.364. The number of nitrogens with two attached hydrogens (primary N) is 1. The van der Waals surface area contributed by atoms with Gasteiger partial charge in [0.15, 0.2) is 11.5 Å². The molecule has 0 aliphatic carbocycles. The zero-order valence-corrected chi connectivity index (χ0v) is 8.36. The van der Waals surface area contributed by atoms with Crippen LogP contribution in [0.1, 0.15) is 18.4 Å². The molecule has 80 valence electrons. The van der Waals surface area contributed by atoms with Crippen LogP contribution >= 0.6 is 0 Å². The van der Waals surface area contributed by atoms with Crippen LogP contribution in [0, 0.1) is 0 Å². The molecule has 0 spiro atoms. The van der Waals surface area contributed by atoms with Crippen LogP contribution < -0.4 is 15.2 Å². The van der Waals surface area contributed by atoms with E-state index >= 15 is 0 Å². The van der Waals surface area contributed by atoms with Crippen molar-refractivity contribution in [1.82, 2.24) is 0 Å². The highest BCUT2D eigenvalue weighted by Gasteiger charge is 2.12. The van der Waals surface area contributed by atoms with Crippen molar-refractivity contribution in [3.05, 3.63) is 23.8 Å². The van der Waals surface area contributed by atoms with Crippen LogP contribution in [0.3, 0.4) is 0 Å². The van der Waals surface area contributed by atoms with E-state index in [9.17, 15) is 4.79 Å². The lowest BCUT2D eigenvalue weighted by atomic mass is 10.1. The van der Waals surface area contributed by atoms with Crippen molar-refractivity contribution in [2.75, 3.05) is 6.79 Å². The monoisotopic (exact) mass is 207 g/mol. The Kier molecular flexibility index (Phi) is 2.76. The number of carbonyl (C=O) groups excluding carboxylic acids is 1. The molecule has 1 aliphatic rings. The van der Waals surface area contributed by atoms with Crippen molar-refractivity contribution in [1.29, 1.82) is 0 Å². The molecule has 1 amide bonds. The highest BCUT2D eigenvalue weighted by molar-refractivity contribution is 5.73. The number of aryl methyl sites for hydroxylation is 1. The molecule has 0 saturated heterocycles. The lowest BCUT2D eigenvalue weighted by Crippen LogP contribution is -2.10. The van der Waals surface area contributed by atoms with E-state index in [-0.39, 0.29) is 5.91 Å². The summed E-state index contributed by atoms with van der Waals surface area (Å²) in [6.45, 7) is 0.292. The van der Waals surface area contributed by atoms with Crippen molar-refractivity contribution in [3.63, 3.8) is 0 Å². The summed E-state index contributed by atoms with van der Waals surface area (Å²) in [4.78, 5) is 10.6. The number of ether oxygens (including phenoxy) is 2. The first kappa shape index (κ1) is 9.83. The van der Waals surface area contributed by atoms with Crippen LogP contribution in [0.2, 0.25) is 0 Å². The number of amides is 1. The van der Waals surface area contributed by atoms with E-state index < -0.39 is 0 Å². The number of primary amides is 1. The Morgan fingerprint density at radius 3 is 2.93 bits per heavy atom. The van der Waals surface area contributed by atoms with E-state index in [2.05, 4.69) is 0 Å². The quantitative estimate of drug-likeness (QED) is 0.807. The van der Waals surface area contributed by atoms with Gasteiger partial charge in [-0.15, -0.1) is 0 Å². The molecule has 0 bridgehead atoms. The summed E-state index contributed by atoms with van der Waals surface area (Å²) in [5.74, 6) is 1.32. The number of hydrogen-bond acceptors (Lipinski definition) is 3. The first-order valence-electron chi connectivity index (χ1n) is 4.92. The Hall–Kier alpha value is -1.71. The van der Waals surface area contributed by atoms with Gasteiger partial charge in [-0.2, -0.15) is 0 Å². The van der Waals surface area contributed by atoms with E-state index in [1.54, 1.807) is 0 Å². The van der Waals surface area contributed by atoms with Crippen LogP contribution in [-0.2, 0) is 11.2 Å². The highest BCUT2D eigenvalue weighted by atomic mass is 16.7. The number of hydrogen-bond donors (Lipinski definition) is 1. The maximum atomic E-state index is 10.6. The molecule has 0 saturated carbocycles. The summed E-state index contributed by atoms with van der Waals surface area (Å²) in [6, 6.07) is 5.82. The van der Waals surface area contributed by atoms with Crippen LogP contribution in [0.25, 0.3) is 0 Å². The highest BCUT2D eigenvalue weighted by Crippen LogP contribution is 2.32. The van der Waals surface area contributed by atoms with Crippen molar-refractivity contribution in [3.8, 4) is 11.5 Å². The first-order valence-corrected chi connectivity index (χ1v) is 4.92. The molecule has 0 aromatic heterocycles. The standard InChI is InChI=1S/C11H13NO3/c12-11(13)3-1-2-8-4-5-9-10(6-8)15-7-14-9/h4-6H,1-3,7H2,(H2,12,13). The zero-order chi connectivity index (χ0) is 10.7. The third-order valence-electron chi connectivity index (χ3n) is 2.33. The van der Waals surface area contributed by atoms with Gasteiger partial charge in [0.2, 0.25) is 12.7 Å². The van der Waals surface area contributed by atoms with Crippen LogP contribution in [0.4, 0.5) is 0 Å². The summed E-state index contributed by atoms with van der Waals surface area (Å²) >= 11 is 0. The van der Waals surface area contributed by atoms with Gasteiger partial charge in [-0.1, -0.05) is 6.07 Å². The molecule has 15 heavy (non-hydrogen) atoms. The second-order valence-corrected chi connectivity index (χ2v) is 3.51. The molecule has 1 aromatic carbocycles. The summed E-state index contributed by atoms with van der Waals surface area (Å²) < 4.78 is 10.5. The molecule has 0 radical (unpaired) electrons. The minimum Gasteiger partial charge on any atom is -0.454 e. The maximum Gasteiger partial charge on any atom is 0.231 e. The Bertz CT molecular complexity index is 376. The second-order valence-electron chi connectivity index (χ2n) is 3.51. The van der Waals surface area contributed by atoms with Crippen LogP contribution in [-0.4, -0.2) is 12.7 Å². The molecule has 2 rings (SSSR count). The molecule has 2 N–H and O–H groups in total. The Labute approximate surface area is 88.0 Å². The van der Waals surface area contributed by atoms with Gasteiger partial charge in [-0.05, 0) is 30.5 Å². The molecule has 1 aliphatic heterocycles. The molecular formula is C11H13NO3. The fourth-order valence-electron chi connectivity index (χ4n) is 1.56.